The zero-order chi connectivity index (χ0) is 20.6. The summed E-state index contributed by atoms with van der Waals surface area (Å²) in [5.74, 6) is 1.14. The largest absolute Gasteiger partial charge is 0.497 e. The summed E-state index contributed by atoms with van der Waals surface area (Å²) in [4.78, 5) is 15.6. The highest BCUT2D eigenvalue weighted by Crippen LogP contribution is 2.30. The van der Waals surface area contributed by atoms with Gasteiger partial charge in [-0.15, -0.1) is 0 Å². The maximum absolute atomic E-state index is 12.9. The average Bonchev–Trinajstić information content (AvgIpc) is 3.29. The van der Waals surface area contributed by atoms with E-state index in [-0.39, 0.29) is 18.1 Å². The second kappa shape index (κ2) is 10.8. The minimum Gasteiger partial charge on any atom is -0.497 e. The molecular formula is C23H36N2O4. The van der Waals surface area contributed by atoms with E-state index in [4.69, 9.17) is 14.2 Å². The summed E-state index contributed by atoms with van der Waals surface area (Å²) in [6.45, 7) is 4.69. The highest BCUT2D eigenvalue weighted by Gasteiger charge is 2.28. The molecule has 1 heterocycles. The van der Waals surface area contributed by atoms with Gasteiger partial charge < -0.3 is 24.4 Å². The molecule has 6 heteroatoms. The third-order valence-corrected chi connectivity index (χ3v) is 6.24. The van der Waals surface area contributed by atoms with Gasteiger partial charge in [0, 0.05) is 26.2 Å². The molecule has 162 valence electrons. The van der Waals surface area contributed by atoms with Crippen molar-refractivity contribution >= 4 is 5.91 Å². The van der Waals surface area contributed by atoms with E-state index in [0.717, 1.165) is 38.4 Å². The summed E-state index contributed by atoms with van der Waals surface area (Å²) in [7, 11) is 3.25. The summed E-state index contributed by atoms with van der Waals surface area (Å²) < 4.78 is 16.9. The van der Waals surface area contributed by atoms with Gasteiger partial charge in [-0.05, 0) is 50.3 Å². The van der Waals surface area contributed by atoms with Gasteiger partial charge in [0.25, 0.3) is 5.91 Å². The number of nitrogens with zero attached hydrogens (tertiary/aromatic N) is 1. The summed E-state index contributed by atoms with van der Waals surface area (Å²) in [5, 5.41) is 3.05. The third kappa shape index (κ3) is 5.86. The molecule has 1 aliphatic heterocycles. The van der Waals surface area contributed by atoms with Crippen molar-refractivity contribution in [2.24, 2.45) is 0 Å². The molecule has 2 aliphatic rings. The lowest BCUT2D eigenvalue weighted by molar-refractivity contribution is 0.0743. The number of ether oxygens (including phenoxy) is 3. The Morgan fingerprint density at radius 3 is 2.52 bits per heavy atom. The van der Waals surface area contributed by atoms with Crippen molar-refractivity contribution in [1.82, 2.24) is 10.2 Å². The van der Waals surface area contributed by atoms with E-state index in [1.165, 1.54) is 25.7 Å². The summed E-state index contributed by atoms with van der Waals surface area (Å²) >= 11 is 0. The van der Waals surface area contributed by atoms with Gasteiger partial charge in [-0.3, -0.25) is 4.79 Å². The first-order chi connectivity index (χ1) is 14.1. The van der Waals surface area contributed by atoms with Crippen LogP contribution in [0.4, 0.5) is 0 Å². The SMILES string of the molecule is CC[C@@H](COC)NC(=O)c1cc(OC)ccc1OC1CCN(C2CCCC2)CC1. The zero-order valence-corrected chi connectivity index (χ0v) is 18.1. The van der Waals surface area contributed by atoms with E-state index in [0.29, 0.717) is 23.7 Å². The molecule has 1 aliphatic carbocycles. The number of rotatable bonds is 9. The van der Waals surface area contributed by atoms with Crippen LogP contribution in [0.1, 0.15) is 62.2 Å². The Kier molecular flexibility index (Phi) is 8.19. The van der Waals surface area contributed by atoms with Crippen molar-refractivity contribution in [3.63, 3.8) is 0 Å². The number of methoxy groups -OCH3 is 2. The van der Waals surface area contributed by atoms with Crippen LogP contribution >= 0.6 is 0 Å². The number of benzene rings is 1. The highest BCUT2D eigenvalue weighted by molar-refractivity contribution is 5.97. The molecule has 1 atom stereocenters. The van der Waals surface area contributed by atoms with Gasteiger partial charge in [0.05, 0.1) is 25.3 Å². The molecule has 29 heavy (non-hydrogen) atoms. The van der Waals surface area contributed by atoms with Gasteiger partial charge in [0.2, 0.25) is 0 Å². The standard InChI is InChI=1S/C23H36N2O4/c1-4-17(16-27-2)24-23(26)21-15-20(28-3)9-10-22(21)29-19-11-13-25(14-12-19)18-7-5-6-8-18/h9-10,15,17-19H,4-8,11-14,16H2,1-3H3,(H,24,26)/t17-/m0/s1. The van der Waals surface area contributed by atoms with E-state index in [9.17, 15) is 4.79 Å². The normalized spacial score (nSPS) is 19.8. The minimum atomic E-state index is -0.147. The Balaban J connectivity index is 1.64. The first kappa shape index (κ1) is 21.9. The summed E-state index contributed by atoms with van der Waals surface area (Å²) in [6.07, 6.45) is 8.38. The predicted octanol–water partition coefficient (Wildman–Crippen LogP) is 3.64. The zero-order valence-electron chi connectivity index (χ0n) is 18.1. The van der Waals surface area contributed by atoms with Gasteiger partial charge >= 0.3 is 0 Å². The van der Waals surface area contributed by atoms with E-state index in [1.54, 1.807) is 20.3 Å². The Morgan fingerprint density at radius 2 is 1.90 bits per heavy atom. The molecule has 0 spiro atoms. The van der Waals surface area contributed by atoms with E-state index < -0.39 is 0 Å². The van der Waals surface area contributed by atoms with Crippen molar-refractivity contribution in [2.45, 2.75) is 70.1 Å². The van der Waals surface area contributed by atoms with E-state index in [2.05, 4.69) is 10.2 Å². The van der Waals surface area contributed by atoms with Crippen molar-refractivity contribution in [2.75, 3.05) is 33.9 Å². The monoisotopic (exact) mass is 404 g/mol. The van der Waals surface area contributed by atoms with Crippen LogP contribution in [0.25, 0.3) is 0 Å². The van der Waals surface area contributed by atoms with Crippen LogP contribution in [-0.4, -0.2) is 62.9 Å². The van der Waals surface area contributed by atoms with Crippen LogP contribution < -0.4 is 14.8 Å². The van der Waals surface area contributed by atoms with E-state index >= 15 is 0 Å². The molecule has 1 saturated heterocycles. The quantitative estimate of drug-likeness (QED) is 0.681. The molecule has 0 bridgehead atoms. The lowest BCUT2D eigenvalue weighted by Gasteiger charge is -2.36. The number of nitrogens with one attached hydrogen (secondary N) is 1. The fraction of sp³-hybridized carbons (Fsp3) is 0.696. The first-order valence-corrected chi connectivity index (χ1v) is 11.0. The van der Waals surface area contributed by atoms with Crippen molar-refractivity contribution in [3.05, 3.63) is 23.8 Å². The highest BCUT2D eigenvalue weighted by atomic mass is 16.5. The molecule has 1 amide bonds. The molecule has 1 aromatic carbocycles. The average molecular weight is 405 g/mol. The smallest absolute Gasteiger partial charge is 0.255 e. The second-order valence-electron chi connectivity index (χ2n) is 8.19. The molecule has 0 radical (unpaired) electrons. The third-order valence-electron chi connectivity index (χ3n) is 6.24. The summed E-state index contributed by atoms with van der Waals surface area (Å²) in [6, 6.07) is 6.21. The molecule has 6 nitrogen and oxygen atoms in total. The number of likely N-dealkylation sites (tertiary alicyclic amines) is 1. The lowest BCUT2D eigenvalue weighted by Crippen LogP contribution is -2.43. The van der Waals surface area contributed by atoms with Gasteiger partial charge in [-0.25, -0.2) is 0 Å². The molecule has 0 unspecified atom stereocenters. The molecular weight excluding hydrogens is 368 g/mol. The summed E-state index contributed by atoms with van der Waals surface area (Å²) in [5.41, 5.74) is 0.525. The van der Waals surface area contributed by atoms with Gasteiger partial charge in [0.1, 0.15) is 17.6 Å². The van der Waals surface area contributed by atoms with Crippen LogP contribution in [0.15, 0.2) is 18.2 Å². The first-order valence-electron chi connectivity index (χ1n) is 11.0. The Bertz CT molecular complexity index is 652. The number of hydrogen-bond acceptors (Lipinski definition) is 5. The molecule has 1 saturated carbocycles. The van der Waals surface area contributed by atoms with Crippen LogP contribution in [-0.2, 0) is 4.74 Å². The molecule has 1 aromatic rings. The molecule has 1 N–H and O–H groups in total. The van der Waals surface area contributed by atoms with Gasteiger partial charge in [-0.2, -0.15) is 0 Å². The Labute approximate surface area is 174 Å². The number of hydrogen-bond donors (Lipinski definition) is 1. The van der Waals surface area contributed by atoms with Crippen LogP contribution in [0.5, 0.6) is 11.5 Å². The van der Waals surface area contributed by atoms with Crippen LogP contribution in [0.3, 0.4) is 0 Å². The number of amides is 1. The number of carbonyl (C=O) groups is 1. The molecule has 2 fully saturated rings. The fourth-order valence-corrected chi connectivity index (χ4v) is 4.45. The maximum Gasteiger partial charge on any atom is 0.255 e. The topological polar surface area (TPSA) is 60.0 Å². The predicted molar refractivity (Wildman–Crippen MR) is 114 cm³/mol. The van der Waals surface area contributed by atoms with E-state index in [1.807, 2.05) is 19.1 Å². The van der Waals surface area contributed by atoms with Crippen LogP contribution in [0, 0.1) is 0 Å². The van der Waals surface area contributed by atoms with Crippen LogP contribution in [0.2, 0.25) is 0 Å². The second-order valence-corrected chi connectivity index (χ2v) is 8.19. The van der Waals surface area contributed by atoms with Crippen molar-refractivity contribution in [3.8, 4) is 11.5 Å². The number of carbonyl (C=O) groups excluding carboxylic acids is 1. The van der Waals surface area contributed by atoms with Crippen molar-refractivity contribution in [1.29, 1.82) is 0 Å². The van der Waals surface area contributed by atoms with Crippen molar-refractivity contribution < 1.29 is 19.0 Å². The Morgan fingerprint density at radius 1 is 1.17 bits per heavy atom. The minimum absolute atomic E-state index is 0.0267. The van der Waals surface area contributed by atoms with Gasteiger partial charge in [-0.1, -0.05) is 19.8 Å². The Hall–Kier alpha value is -1.79. The van der Waals surface area contributed by atoms with Gasteiger partial charge in [0.15, 0.2) is 0 Å². The fourth-order valence-electron chi connectivity index (χ4n) is 4.45. The lowest BCUT2D eigenvalue weighted by atomic mass is 10.0. The molecule has 3 rings (SSSR count). The number of piperidine rings is 1. The maximum atomic E-state index is 12.9. The molecule has 0 aromatic heterocycles.